The van der Waals surface area contributed by atoms with Gasteiger partial charge >= 0.3 is 0 Å². The Morgan fingerprint density at radius 1 is 1.00 bits per heavy atom. The van der Waals surface area contributed by atoms with Crippen molar-refractivity contribution in [3.63, 3.8) is 0 Å². The van der Waals surface area contributed by atoms with E-state index in [1.165, 1.54) is 9.71 Å². The molecular weight excluding hydrogens is 398 g/mol. The second kappa shape index (κ2) is 8.89. The summed E-state index contributed by atoms with van der Waals surface area (Å²) in [4.78, 5) is 0. The quantitative estimate of drug-likeness (QED) is 0.678. The van der Waals surface area contributed by atoms with E-state index in [9.17, 15) is 8.42 Å². The molecule has 6 nitrogen and oxygen atoms in total. The lowest BCUT2D eigenvalue weighted by Crippen LogP contribution is -2.29. The van der Waals surface area contributed by atoms with Crippen molar-refractivity contribution in [1.82, 2.24) is 4.31 Å². The molecule has 1 atom stereocenters. The van der Waals surface area contributed by atoms with Crippen molar-refractivity contribution in [3.05, 3.63) is 59.0 Å². The van der Waals surface area contributed by atoms with Gasteiger partial charge in [-0.25, -0.2) is 8.42 Å². The van der Waals surface area contributed by atoms with E-state index in [2.05, 4.69) is 0 Å². The van der Waals surface area contributed by atoms with Crippen LogP contribution < -0.4 is 14.2 Å². The number of hydrogen-bond donors (Lipinski definition) is 0. The topological polar surface area (TPSA) is 65.1 Å². The summed E-state index contributed by atoms with van der Waals surface area (Å²) in [5, 5.41) is 0.856. The summed E-state index contributed by atoms with van der Waals surface area (Å²) in [5.41, 5.74) is 1.57. The molecular formula is C20H23NO5S2. The summed E-state index contributed by atoms with van der Waals surface area (Å²) in [6, 6.07) is 12.9. The smallest absolute Gasteiger partial charge is 0.237 e. The van der Waals surface area contributed by atoms with Gasteiger partial charge in [0.05, 0.1) is 26.7 Å². The molecule has 0 radical (unpaired) electrons. The van der Waals surface area contributed by atoms with Crippen molar-refractivity contribution >= 4 is 27.9 Å². The molecule has 3 rings (SSSR count). The third-order valence-electron chi connectivity index (χ3n) is 4.41. The van der Waals surface area contributed by atoms with E-state index in [0.717, 1.165) is 11.1 Å². The molecule has 0 aromatic heterocycles. The molecule has 1 heterocycles. The van der Waals surface area contributed by atoms with E-state index in [0.29, 0.717) is 29.5 Å². The first-order chi connectivity index (χ1) is 13.5. The van der Waals surface area contributed by atoms with Crippen molar-refractivity contribution in [1.29, 1.82) is 0 Å². The highest BCUT2D eigenvalue weighted by Gasteiger charge is 2.36. The maximum Gasteiger partial charge on any atom is 0.237 e. The molecule has 0 spiro atoms. The van der Waals surface area contributed by atoms with E-state index in [4.69, 9.17) is 14.2 Å². The zero-order valence-electron chi connectivity index (χ0n) is 16.0. The lowest BCUT2D eigenvalue weighted by Gasteiger charge is -2.24. The Bertz CT molecular complexity index is 945. The van der Waals surface area contributed by atoms with Crippen LogP contribution in [0.2, 0.25) is 0 Å². The standard InChI is InChI=1S/C20H23NO5S2/c1-24-17-14-19(26-3)18(25-2)13-16(17)20-21(10-11-27-20)28(22,23)12-9-15-7-5-4-6-8-15/h4-9,12-14,20H,10-11H2,1-3H3/b12-9+. The van der Waals surface area contributed by atoms with Crippen LogP contribution in [-0.2, 0) is 10.0 Å². The van der Waals surface area contributed by atoms with Crippen molar-refractivity contribution in [2.24, 2.45) is 0 Å². The highest BCUT2D eigenvalue weighted by Crippen LogP contribution is 2.47. The van der Waals surface area contributed by atoms with E-state index in [1.54, 1.807) is 51.3 Å². The zero-order chi connectivity index (χ0) is 20.1. The summed E-state index contributed by atoms with van der Waals surface area (Å²) >= 11 is 1.55. The molecule has 0 bridgehead atoms. The van der Waals surface area contributed by atoms with Gasteiger partial charge in [-0.05, 0) is 17.7 Å². The predicted molar refractivity (Wildman–Crippen MR) is 112 cm³/mol. The molecule has 0 aliphatic carbocycles. The monoisotopic (exact) mass is 421 g/mol. The van der Waals surface area contributed by atoms with Crippen molar-refractivity contribution in [3.8, 4) is 17.2 Å². The van der Waals surface area contributed by atoms with Gasteiger partial charge in [0.25, 0.3) is 0 Å². The van der Waals surface area contributed by atoms with Crippen LogP contribution in [-0.4, -0.2) is 46.4 Å². The lowest BCUT2D eigenvalue weighted by atomic mass is 10.1. The van der Waals surface area contributed by atoms with Gasteiger partial charge in [-0.2, -0.15) is 4.31 Å². The average molecular weight is 422 g/mol. The predicted octanol–water partition coefficient (Wildman–Crippen LogP) is 3.76. The maximum absolute atomic E-state index is 13.0. The molecule has 1 fully saturated rings. The molecule has 0 saturated carbocycles. The number of rotatable bonds is 7. The van der Waals surface area contributed by atoms with Gasteiger partial charge in [-0.3, -0.25) is 0 Å². The molecule has 1 saturated heterocycles. The number of ether oxygens (including phenoxy) is 3. The fraction of sp³-hybridized carbons (Fsp3) is 0.300. The summed E-state index contributed by atoms with van der Waals surface area (Å²) in [6.45, 7) is 0.425. The Labute approximate surface area is 170 Å². The Morgan fingerprint density at radius 2 is 1.64 bits per heavy atom. The molecule has 2 aromatic carbocycles. The highest BCUT2D eigenvalue weighted by molar-refractivity contribution is 8.01. The second-order valence-electron chi connectivity index (χ2n) is 6.04. The third kappa shape index (κ3) is 4.29. The minimum absolute atomic E-state index is 0.403. The highest BCUT2D eigenvalue weighted by atomic mass is 32.2. The minimum Gasteiger partial charge on any atom is -0.496 e. The van der Waals surface area contributed by atoms with Crippen LogP contribution in [0.5, 0.6) is 17.2 Å². The maximum atomic E-state index is 13.0. The Hall–Kier alpha value is -2.16. The van der Waals surface area contributed by atoms with E-state index in [-0.39, 0.29) is 0 Å². The van der Waals surface area contributed by atoms with Gasteiger partial charge in [-0.1, -0.05) is 30.3 Å². The average Bonchev–Trinajstić information content (AvgIpc) is 3.22. The lowest BCUT2D eigenvalue weighted by molar-refractivity contribution is 0.344. The Kier molecular flexibility index (Phi) is 6.53. The Balaban J connectivity index is 1.95. The summed E-state index contributed by atoms with van der Waals surface area (Å²) in [7, 11) is 1.04. The normalized spacial score (nSPS) is 17.8. The number of thioether (sulfide) groups is 1. The first-order valence-corrected chi connectivity index (χ1v) is 11.2. The summed E-state index contributed by atoms with van der Waals surface area (Å²) in [6.07, 6.45) is 1.61. The van der Waals surface area contributed by atoms with Crippen LogP contribution in [0.15, 0.2) is 47.9 Å². The fourth-order valence-corrected chi connectivity index (χ4v) is 6.04. The van der Waals surface area contributed by atoms with Gasteiger partial charge in [0, 0.05) is 29.3 Å². The van der Waals surface area contributed by atoms with Gasteiger partial charge < -0.3 is 14.2 Å². The zero-order valence-corrected chi connectivity index (χ0v) is 17.6. The van der Waals surface area contributed by atoms with E-state index in [1.807, 2.05) is 30.3 Å². The minimum atomic E-state index is -3.61. The van der Waals surface area contributed by atoms with Crippen molar-refractivity contribution in [2.45, 2.75) is 5.37 Å². The van der Waals surface area contributed by atoms with Crippen LogP contribution in [0.1, 0.15) is 16.5 Å². The van der Waals surface area contributed by atoms with Gasteiger partial charge in [0.2, 0.25) is 10.0 Å². The summed E-state index contributed by atoms with van der Waals surface area (Å²) < 4.78 is 43.7. The van der Waals surface area contributed by atoms with Crippen LogP contribution in [0.4, 0.5) is 0 Å². The summed E-state index contributed by atoms with van der Waals surface area (Å²) in [5.74, 6) is 2.32. The van der Waals surface area contributed by atoms with Crippen LogP contribution in [0, 0.1) is 0 Å². The Morgan fingerprint density at radius 3 is 2.29 bits per heavy atom. The first kappa shape index (κ1) is 20.6. The molecule has 150 valence electrons. The van der Waals surface area contributed by atoms with Crippen molar-refractivity contribution < 1.29 is 22.6 Å². The van der Waals surface area contributed by atoms with Gasteiger partial charge in [0.1, 0.15) is 5.75 Å². The number of methoxy groups -OCH3 is 3. The largest absolute Gasteiger partial charge is 0.496 e. The molecule has 2 aromatic rings. The first-order valence-electron chi connectivity index (χ1n) is 8.66. The van der Waals surface area contributed by atoms with Crippen molar-refractivity contribution in [2.75, 3.05) is 33.6 Å². The van der Waals surface area contributed by atoms with Crippen LogP contribution in [0.25, 0.3) is 6.08 Å². The molecule has 8 heteroatoms. The van der Waals surface area contributed by atoms with Crippen LogP contribution >= 0.6 is 11.8 Å². The number of nitrogens with zero attached hydrogens (tertiary/aromatic N) is 1. The number of sulfonamides is 1. The SMILES string of the molecule is COc1cc(OC)c(C2SCCN2S(=O)(=O)/C=C/c2ccccc2)cc1OC. The molecule has 28 heavy (non-hydrogen) atoms. The number of benzene rings is 2. The molecule has 0 amide bonds. The molecule has 1 aliphatic heterocycles. The van der Waals surface area contributed by atoms with Crippen LogP contribution in [0.3, 0.4) is 0 Å². The van der Waals surface area contributed by atoms with Gasteiger partial charge in [-0.15, -0.1) is 11.8 Å². The van der Waals surface area contributed by atoms with Gasteiger partial charge in [0.15, 0.2) is 11.5 Å². The molecule has 0 N–H and O–H groups in total. The molecule has 1 unspecified atom stereocenters. The number of hydrogen-bond acceptors (Lipinski definition) is 6. The fourth-order valence-electron chi connectivity index (χ4n) is 3.01. The molecule has 1 aliphatic rings. The van der Waals surface area contributed by atoms with E-state index >= 15 is 0 Å². The second-order valence-corrected chi connectivity index (χ2v) is 9.00. The van der Waals surface area contributed by atoms with E-state index < -0.39 is 15.4 Å². The third-order valence-corrected chi connectivity index (χ3v) is 7.31.